The van der Waals surface area contributed by atoms with Crippen LogP contribution in [0.2, 0.25) is 0 Å². The molecular weight excluding hydrogens is 188 g/mol. The van der Waals surface area contributed by atoms with Crippen molar-refractivity contribution in [3.8, 4) is 5.75 Å². The van der Waals surface area contributed by atoms with Crippen molar-refractivity contribution in [2.45, 2.75) is 6.42 Å². The third-order valence-electron chi connectivity index (χ3n) is 2.02. The maximum atomic E-state index is 5.52. The van der Waals surface area contributed by atoms with Crippen LogP contribution in [-0.4, -0.2) is 16.6 Å². The molecule has 3 nitrogen and oxygen atoms in total. The summed E-state index contributed by atoms with van der Waals surface area (Å²) >= 11 is 0. The highest BCUT2D eigenvalue weighted by atomic mass is 16.5. The molecule has 0 radical (unpaired) electrons. The van der Waals surface area contributed by atoms with Crippen LogP contribution in [0.15, 0.2) is 49.1 Å². The van der Waals surface area contributed by atoms with Crippen LogP contribution in [-0.2, 0) is 6.42 Å². The Bertz CT molecular complexity index is 349. The maximum Gasteiger partial charge on any atom is 0.137 e. The second-order valence-electron chi connectivity index (χ2n) is 3.15. The normalized spacial score (nSPS) is 9.87. The molecule has 0 bridgehead atoms. The third kappa shape index (κ3) is 3.06. The van der Waals surface area contributed by atoms with Gasteiger partial charge in [0.15, 0.2) is 0 Å². The zero-order valence-corrected chi connectivity index (χ0v) is 8.34. The summed E-state index contributed by atoms with van der Waals surface area (Å²) in [7, 11) is 0. The molecule has 0 atom stereocenters. The molecule has 0 aliphatic heterocycles. The summed E-state index contributed by atoms with van der Waals surface area (Å²) in [5.41, 5.74) is 1.18. The van der Waals surface area contributed by atoms with Crippen molar-refractivity contribution >= 4 is 0 Å². The molecule has 0 N–H and O–H groups in total. The SMILES string of the molecule is c1cncc(CCOc2cccnc2)c1. The van der Waals surface area contributed by atoms with Gasteiger partial charge in [0.05, 0.1) is 12.8 Å². The van der Waals surface area contributed by atoms with E-state index >= 15 is 0 Å². The van der Waals surface area contributed by atoms with Gasteiger partial charge in [-0.15, -0.1) is 0 Å². The molecule has 2 rings (SSSR count). The Morgan fingerprint density at radius 2 is 1.80 bits per heavy atom. The largest absolute Gasteiger partial charge is 0.492 e. The van der Waals surface area contributed by atoms with Gasteiger partial charge in [-0.2, -0.15) is 0 Å². The lowest BCUT2D eigenvalue weighted by molar-refractivity contribution is 0.320. The topological polar surface area (TPSA) is 35.0 Å². The summed E-state index contributed by atoms with van der Waals surface area (Å²) < 4.78 is 5.52. The lowest BCUT2D eigenvalue weighted by Gasteiger charge is -2.04. The van der Waals surface area contributed by atoms with Gasteiger partial charge >= 0.3 is 0 Å². The van der Waals surface area contributed by atoms with Gasteiger partial charge in [0.2, 0.25) is 0 Å². The molecular formula is C12H12N2O. The summed E-state index contributed by atoms with van der Waals surface area (Å²) in [6.45, 7) is 0.650. The van der Waals surface area contributed by atoms with E-state index in [0.29, 0.717) is 6.61 Å². The van der Waals surface area contributed by atoms with E-state index < -0.39 is 0 Å². The van der Waals surface area contributed by atoms with Gasteiger partial charge in [0, 0.05) is 25.0 Å². The van der Waals surface area contributed by atoms with Gasteiger partial charge < -0.3 is 4.74 Å². The molecule has 0 saturated carbocycles. The Morgan fingerprint density at radius 3 is 2.47 bits per heavy atom. The molecule has 15 heavy (non-hydrogen) atoms. The first-order valence-corrected chi connectivity index (χ1v) is 4.87. The molecule has 0 spiro atoms. The van der Waals surface area contributed by atoms with Gasteiger partial charge in [-0.25, -0.2) is 0 Å². The Labute approximate surface area is 88.8 Å². The van der Waals surface area contributed by atoms with Crippen molar-refractivity contribution < 1.29 is 4.74 Å². The van der Waals surface area contributed by atoms with E-state index in [-0.39, 0.29) is 0 Å². The maximum absolute atomic E-state index is 5.52. The summed E-state index contributed by atoms with van der Waals surface area (Å²) in [4.78, 5) is 8.02. The Balaban J connectivity index is 1.81. The van der Waals surface area contributed by atoms with Crippen LogP contribution >= 0.6 is 0 Å². The Kier molecular flexibility index (Phi) is 3.28. The molecule has 2 heterocycles. The zero-order chi connectivity index (χ0) is 10.3. The first-order valence-electron chi connectivity index (χ1n) is 4.87. The quantitative estimate of drug-likeness (QED) is 0.758. The van der Waals surface area contributed by atoms with Crippen LogP contribution in [0.1, 0.15) is 5.56 Å². The number of pyridine rings is 2. The van der Waals surface area contributed by atoms with Crippen LogP contribution in [0.3, 0.4) is 0 Å². The predicted molar refractivity (Wildman–Crippen MR) is 57.7 cm³/mol. The number of hydrogen-bond acceptors (Lipinski definition) is 3. The van der Waals surface area contributed by atoms with E-state index in [2.05, 4.69) is 9.97 Å². The van der Waals surface area contributed by atoms with Crippen LogP contribution in [0.25, 0.3) is 0 Å². The highest BCUT2D eigenvalue weighted by molar-refractivity contribution is 5.16. The number of rotatable bonds is 4. The minimum Gasteiger partial charge on any atom is -0.492 e. The molecule has 0 aliphatic carbocycles. The summed E-state index contributed by atoms with van der Waals surface area (Å²) in [6.07, 6.45) is 7.93. The minimum absolute atomic E-state index is 0.650. The third-order valence-corrected chi connectivity index (χ3v) is 2.02. The van der Waals surface area contributed by atoms with E-state index in [1.807, 2.05) is 30.5 Å². The van der Waals surface area contributed by atoms with Gasteiger partial charge in [-0.1, -0.05) is 6.07 Å². The highest BCUT2D eigenvalue weighted by Gasteiger charge is 1.94. The zero-order valence-electron chi connectivity index (χ0n) is 8.34. The fourth-order valence-corrected chi connectivity index (χ4v) is 1.27. The molecule has 3 heteroatoms. The molecule has 0 saturated heterocycles. The second kappa shape index (κ2) is 5.10. The van der Waals surface area contributed by atoms with Crippen molar-refractivity contribution in [2.75, 3.05) is 6.61 Å². The van der Waals surface area contributed by atoms with Crippen molar-refractivity contribution in [3.05, 3.63) is 54.6 Å². The molecule has 76 valence electrons. The van der Waals surface area contributed by atoms with Gasteiger partial charge in [0.25, 0.3) is 0 Å². The van der Waals surface area contributed by atoms with Crippen molar-refractivity contribution in [1.29, 1.82) is 0 Å². The van der Waals surface area contributed by atoms with Crippen LogP contribution in [0.4, 0.5) is 0 Å². The van der Waals surface area contributed by atoms with Gasteiger partial charge in [-0.3, -0.25) is 9.97 Å². The monoisotopic (exact) mass is 200 g/mol. The number of nitrogens with zero attached hydrogens (tertiary/aromatic N) is 2. The van der Waals surface area contributed by atoms with Gasteiger partial charge in [-0.05, 0) is 23.8 Å². The lowest BCUT2D eigenvalue weighted by Crippen LogP contribution is -2.01. The standard InChI is InChI=1S/C12H12N2O/c1-3-11(9-13-6-1)5-8-15-12-4-2-7-14-10-12/h1-4,6-7,9-10H,5,8H2. The number of ether oxygens (including phenoxy) is 1. The van der Waals surface area contributed by atoms with Crippen LogP contribution < -0.4 is 4.74 Å². The number of hydrogen-bond donors (Lipinski definition) is 0. The fourth-order valence-electron chi connectivity index (χ4n) is 1.27. The van der Waals surface area contributed by atoms with Gasteiger partial charge in [0.1, 0.15) is 5.75 Å². The summed E-state index contributed by atoms with van der Waals surface area (Å²) in [6, 6.07) is 7.73. The smallest absolute Gasteiger partial charge is 0.137 e. The van der Waals surface area contributed by atoms with E-state index in [1.165, 1.54) is 5.56 Å². The van der Waals surface area contributed by atoms with Crippen molar-refractivity contribution in [1.82, 2.24) is 9.97 Å². The molecule has 0 amide bonds. The number of aromatic nitrogens is 2. The lowest BCUT2D eigenvalue weighted by atomic mass is 10.2. The summed E-state index contributed by atoms with van der Waals surface area (Å²) in [5, 5.41) is 0. The molecule has 0 aliphatic rings. The Morgan fingerprint density at radius 1 is 1.00 bits per heavy atom. The highest BCUT2D eigenvalue weighted by Crippen LogP contribution is 2.07. The summed E-state index contributed by atoms with van der Waals surface area (Å²) in [5.74, 6) is 0.807. The average molecular weight is 200 g/mol. The molecule has 2 aromatic rings. The minimum atomic E-state index is 0.650. The Hall–Kier alpha value is -1.90. The predicted octanol–water partition coefficient (Wildman–Crippen LogP) is 2.10. The second-order valence-corrected chi connectivity index (χ2v) is 3.15. The van der Waals surface area contributed by atoms with E-state index in [4.69, 9.17) is 4.74 Å². The first kappa shape index (κ1) is 9.65. The fraction of sp³-hybridized carbons (Fsp3) is 0.167. The van der Waals surface area contributed by atoms with E-state index in [9.17, 15) is 0 Å². The first-order chi connectivity index (χ1) is 7.45. The molecule has 0 aromatic carbocycles. The molecule has 0 unspecified atom stereocenters. The van der Waals surface area contributed by atoms with E-state index in [0.717, 1.165) is 12.2 Å². The van der Waals surface area contributed by atoms with Crippen molar-refractivity contribution in [2.24, 2.45) is 0 Å². The van der Waals surface area contributed by atoms with Crippen molar-refractivity contribution in [3.63, 3.8) is 0 Å². The van der Waals surface area contributed by atoms with Crippen LogP contribution in [0.5, 0.6) is 5.75 Å². The molecule has 2 aromatic heterocycles. The van der Waals surface area contributed by atoms with E-state index in [1.54, 1.807) is 18.6 Å². The van der Waals surface area contributed by atoms with Crippen LogP contribution in [0, 0.1) is 0 Å². The average Bonchev–Trinajstić information content (AvgIpc) is 2.32. The molecule has 0 fully saturated rings.